The van der Waals surface area contributed by atoms with Crippen LogP contribution in [-0.4, -0.2) is 13.2 Å². The van der Waals surface area contributed by atoms with Gasteiger partial charge in [0.15, 0.2) is 0 Å². The van der Waals surface area contributed by atoms with Gasteiger partial charge in [0, 0.05) is 18.8 Å². The normalized spacial score (nSPS) is 17.4. The van der Waals surface area contributed by atoms with E-state index in [0.717, 1.165) is 24.3 Å². The summed E-state index contributed by atoms with van der Waals surface area (Å²) in [5.74, 6) is 0.825. The Morgan fingerprint density at radius 1 is 1.46 bits per heavy atom. The van der Waals surface area contributed by atoms with Crippen molar-refractivity contribution in [1.29, 1.82) is 0 Å². The molecule has 1 aliphatic carbocycles. The number of allylic oxidation sites excluding steroid dienone is 3. The second-order valence-electron chi connectivity index (χ2n) is 3.48. The number of nitrogens with two attached hydrogens (primary N) is 1. The third kappa shape index (κ3) is 2.68. The molecule has 3 nitrogen and oxygen atoms in total. The Bertz CT molecular complexity index is 241. The van der Waals surface area contributed by atoms with Crippen LogP contribution in [0.3, 0.4) is 0 Å². The van der Waals surface area contributed by atoms with Gasteiger partial charge in [-0.05, 0) is 26.7 Å². The summed E-state index contributed by atoms with van der Waals surface area (Å²) >= 11 is 0. The Kier molecular flexibility index (Phi) is 3.23. The van der Waals surface area contributed by atoms with Gasteiger partial charge in [-0.15, -0.1) is 0 Å². The number of hydrogen-bond acceptors (Lipinski definition) is 3. The van der Waals surface area contributed by atoms with E-state index >= 15 is 0 Å². The predicted molar refractivity (Wildman–Crippen MR) is 53.8 cm³/mol. The van der Waals surface area contributed by atoms with E-state index in [1.807, 2.05) is 27.0 Å². The van der Waals surface area contributed by atoms with Gasteiger partial charge in [0.1, 0.15) is 5.76 Å². The van der Waals surface area contributed by atoms with Crippen molar-refractivity contribution >= 4 is 0 Å². The smallest absolute Gasteiger partial charge is 0.140 e. The maximum atomic E-state index is 5.83. The SMILES string of the molecule is CNC1=CC(OC(C)C)=C(N)CC1. The fourth-order valence-electron chi connectivity index (χ4n) is 1.28. The highest BCUT2D eigenvalue weighted by molar-refractivity contribution is 5.27. The zero-order valence-corrected chi connectivity index (χ0v) is 8.55. The van der Waals surface area contributed by atoms with Gasteiger partial charge in [0.25, 0.3) is 0 Å². The van der Waals surface area contributed by atoms with Crippen LogP contribution in [0.25, 0.3) is 0 Å². The van der Waals surface area contributed by atoms with E-state index in [4.69, 9.17) is 10.5 Å². The van der Waals surface area contributed by atoms with Crippen LogP contribution in [0.15, 0.2) is 23.2 Å². The first-order valence-corrected chi connectivity index (χ1v) is 4.67. The molecule has 74 valence electrons. The molecule has 0 aromatic carbocycles. The monoisotopic (exact) mass is 182 g/mol. The first-order chi connectivity index (χ1) is 6.13. The van der Waals surface area contributed by atoms with Crippen LogP contribution in [-0.2, 0) is 4.74 Å². The second kappa shape index (κ2) is 4.21. The van der Waals surface area contributed by atoms with Gasteiger partial charge in [-0.3, -0.25) is 0 Å². The Balaban J connectivity index is 2.73. The van der Waals surface area contributed by atoms with Gasteiger partial charge in [-0.1, -0.05) is 0 Å². The molecule has 0 atom stereocenters. The van der Waals surface area contributed by atoms with Crippen molar-refractivity contribution < 1.29 is 4.74 Å². The standard InChI is InChI=1S/C10H18N2O/c1-7(2)13-10-6-8(12-3)4-5-9(10)11/h6-7,12H,4-5,11H2,1-3H3. The summed E-state index contributed by atoms with van der Waals surface area (Å²) in [7, 11) is 1.92. The van der Waals surface area contributed by atoms with Gasteiger partial charge in [0.2, 0.25) is 0 Å². The van der Waals surface area contributed by atoms with Crippen molar-refractivity contribution in [2.75, 3.05) is 7.05 Å². The molecule has 0 fully saturated rings. The molecule has 0 aromatic rings. The number of ether oxygens (including phenoxy) is 1. The highest BCUT2D eigenvalue weighted by Crippen LogP contribution is 2.20. The average molecular weight is 182 g/mol. The van der Waals surface area contributed by atoms with Crippen LogP contribution in [0.5, 0.6) is 0 Å². The first kappa shape index (κ1) is 9.96. The summed E-state index contributed by atoms with van der Waals surface area (Å²) in [4.78, 5) is 0. The third-order valence-corrected chi connectivity index (χ3v) is 1.97. The van der Waals surface area contributed by atoms with Crippen molar-refractivity contribution in [2.45, 2.75) is 32.8 Å². The Morgan fingerprint density at radius 3 is 2.69 bits per heavy atom. The summed E-state index contributed by atoms with van der Waals surface area (Å²) in [6.45, 7) is 4.00. The van der Waals surface area contributed by atoms with Crippen molar-refractivity contribution in [3.05, 3.63) is 23.2 Å². The molecule has 0 spiro atoms. The van der Waals surface area contributed by atoms with E-state index < -0.39 is 0 Å². The molecule has 0 unspecified atom stereocenters. The molecule has 0 heterocycles. The number of rotatable bonds is 3. The van der Waals surface area contributed by atoms with Gasteiger partial charge >= 0.3 is 0 Å². The van der Waals surface area contributed by atoms with Crippen LogP contribution in [0.2, 0.25) is 0 Å². The summed E-state index contributed by atoms with van der Waals surface area (Å²) < 4.78 is 5.57. The van der Waals surface area contributed by atoms with E-state index in [1.54, 1.807) is 0 Å². The van der Waals surface area contributed by atoms with E-state index in [9.17, 15) is 0 Å². The lowest BCUT2D eigenvalue weighted by molar-refractivity contribution is 0.152. The Hall–Kier alpha value is -1.12. The predicted octanol–water partition coefficient (Wildman–Crippen LogP) is 1.48. The van der Waals surface area contributed by atoms with E-state index in [2.05, 4.69) is 5.32 Å². The van der Waals surface area contributed by atoms with Crippen molar-refractivity contribution in [3.63, 3.8) is 0 Å². The van der Waals surface area contributed by atoms with E-state index in [1.165, 1.54) is 5.70 Å². The third-order valence-electron chi connectivity index (χ3n) is 1.97. The lowest BCUT2D eigenvalue weighted by atomic mass is 10.1. The number of nitrogens with one attached hydrogen (secondary N) is 1. The molecule has 13 heavy (non-hydrogen) atoms. The van der Waals surface area contributed by atoms with Crippen molar-refractivity contribution in [1.82, 2.24) is 5.32 Å². The molecule has 1 aliphatic rings. The van der Waals surface area contributed by atoms with Gasteiger partial charge in [-0.2, -0.15) is 0 Å². The second-order valence-corrected chi connectivity index (χ2v) is 3.48. The summed E-state index contributed by atoms with van der Waals surface area (Å²) in [6.07, 6.45) is 4.03. The molecule has 0 bridgehead atoms. The zero-order valence-electron chi connectivity index (χ0n) is 8.55. The lowest BCUT2D eigenvalue weighted by Crippen LogP contribution is -2.17. The Morgan fingerprint density at radius 2 is 2.15 bits per heavy atom. The molecule has 0 aliphatic heterocycles. The molecule has 0 radical (unpaired) electrons. The van der Waals surface area contributed by atoms with Crippen molar-refractivity contribution in [2.24, 2.45) is 5.73 Å². The summed E-state index contributed by atoms with van der Waals surface area (Å²) in [5.41, 5.74) is 7.87. The quantitative estimate of drug-likeness (QED) is 0.695. The maximum Gasteiger partial charge on any atom is 0.140 e. The Labute approximate surface area is 79.6 Å². The van der Waals surface area contributed by atoms with Crippen molar-refractivity contribution in [3.8, 4) is 0 Å². The lowest BCUT2D eigenvalue weighted by Gasteiger charge is -2.19. The zero-order chi connectivity index (χ0) is 9.84. The van der Waals surface area contributed by atoms with Crippen LogP contribution in [0.1, 0.15) is 26.7 Å². The summed E-state index contributed by atoms with van der Waals surface area (Å²) in [6, 6.07) is 0. The van der Waals surface area contributed by atoms with Crippen LogP contribution in [0.4, 0.5) is 0 Å². The molecular formula is C10H18N2O. The van der Waals surface area contributed by atoms with E-state index in [0.29, 0.717) is 0 Å². The van der Waals surface area contributed by atoms with Crippen LogP contribution in [0, 0.1) is 0 Å². The molecule has 3 heteroatoms. The average Bonchev–Trinajstić information content (AvgIpc) is 2.08. The minimum absolute atomic E-state index is 0.181. The minimum atomic E-state index is 0.181. The fourth-order valence-corrected chi connectivity index (χ4v) is 1.28. The molecule has 0 aromatic heterocycles. The number of hydrogen-bond donors (Lipinski definition) is 2. The first-order valence-electron chi connectivity index (χ1n) is 4.67. The molecule has 1 rings (SSSR count). The molecule has 0 amide bonds. The van der Waals surface area contributed by atoms with E-state index in [-0.39, 0.29) is 6.10 Å². The van der Waals surface area contributed by atoms with Gasteiger partial charge in [-0.25, -0.2) is 0 Å². The van der Waals surface area contributed by atoms with Gasteiger partial charge in [0.05, 0.1) is 11.8 Å². The van der Waals surface area contributed by atoms with Crippen LogP contribution < -0.4 is 11.1 Å². The summed E-state index contributed by atoms with van der Waals surface area (Å²) in [5, 5.41) is 3.12. The fraction of sp³-hybridized carbons (Fsp3) is 0.600. The molecule has 0 saturated carbocycles. The molecular weight excluding hydrogens is 164 g/mol. The molecule has 3 N–H and O–H groups in total. The molecule has 0 saturated heterocycles. The van der Waals surface area contributed by atoms with Crippen LogP contribution >= 0.6 is 0 Å². The highest BCUT2D eigenvalue weighted by Gasteiger charge is 2.12. The minimum Gasteiger partial charge on any atom is -0.489 e. The topological polar surface area (TPSA) is 47.3 Å². The van der Waals surface area contributed by atoms with Gasteiger partial charge < -0.3 is 15.8 Å². The highest BCUT2D eigenvalue weighted by atomic mass is 16.5. The largest absolute Gasteiger partial charge is 0.489 e. The maximum absolute atomic E-state index is 5.83.